The molecule has 0 bridgehead atoms. The summed E-state index contributed by atoms with van der Waals surface area (Å²) in [6.45, 7) is 6.48. The molecule has 1 saturated heterocycles. The van der Waals surface area contributed by atoms with Crippen molar-refractivity contribution in [2.75, 3.05) is 6.54 Å². The lowest BCUT2D eigenvalue weighted by Gasteiger charge is -2.23. The fourth-order valence-corrected chi connectivity index (χ4v) is 2.63. The Kier molecular flexibility index (Phi) is 4.57. The predicted octanol–water partition coefficient (Wildman–Crippen LogP) is 2.57. The van der Waals surface area contributed by atoms with Crippen LogP contribution in [0.4, 0.5) is 0 Å². The molecule has 1 N–H and O–H groups in total. The van der Waals surface area contributed by atoms with Crippen molar-refractivity contribution in [1.29, 1.82) is 0 Å². The fourth-order valence-electron chi connectivity index (χ4n) is 2.63. The summed E-state index contributed by atoms with van der Waals surface area (Å²) in [7, 11) is 0. The SMILES string of the molecule is CC(=O)CCC(=O)N1CCCC1c1cnc(C(C)C)[nH]1. The summed E-state index contributed by atoms with van der Waals surface area (Å²) < 4.78 is 0. The number of likely N-dealkylation sites (tertiary alicyclic amines) is 1. The van der Waals surface area contributed by atoms with Crippen molar-refractivity contribution in [3.05, 3.63) is 17.7 Å². The van der Waals surface area contributed by atoms with Gasteiger partial charge in [-0.25, -0.2) is 4.98 Å². The molecule has 0 aromatic carbocycles. The summed E-state index contributed by atoms with van der Waals surface area (Å²) in [5.41, 5.74) is 1.02. The Bertz CT molecular complexity index is 493. The molecule has 0 aliphatic carbocycles. The van der Waals surface area contributed by atoms with Gasteiger partial charge in [-0.05, 0) is 19.8 Å². The van der Waals surface area contributed by atoms with Gasteiger partial charge in [0.25, 0.3) is 0 Å². The van der Waals surface area contributed by atoms with E-state index in [0.717, 1.165) is 30.9 Å². The van der Waals surface area contributed by atoms with Crippen molar-refractivity contribution >= 4 is 11.7 Å². The molecule has 5 heteroatoms. The van der Waals surface area contributed by atoms with Gasteiger partial charge < -0.3 is 14.7 Å². The molecular formula is C15H23N3O2. The highest BCUT2D eigenvalue weighted by atomic mass is 16.2. The summed E-state index contributed by atoms with van der Waals surface area (Å²) in [6, 6.07) is 0.0921. The molecule has 1 amide bonds. The molecule has 1 fully saturated rings. The third kappa shape index (κ3) is 3.26. The normalized spacial score (nSPS) is 18.8. The Labute approximate surface area is 119 Å². The van der Waals surface area contributed by atoms with E-state index >= 15 is 0 Å². The van der Waals surface area contributed by atoms with Gasteiger partial charge in [-0.3, -0.25) is 4.79 Å². The van der Waals surface area contributed by atoms with Gasteiger partial charge in [0.2, 0.25) is 5.91 Å². The van der Waals surface area contributed by atoms with Gasteiger partial charge in [0.15, 0.2) is 0 Å². The van der Waals surface area contributed by atoms with E-state index in [1.54, 1.807) is 0 Å². The van der Waals surface area contributed by atoms with Crippen LogP contribution in [0.3, 0.4) is 0 Å². The topological polar surface area (TPSA) is 66.1 Å². The Morgan fingerprint density at radius 3 is 2.80 bits per heavy atom. The standard InChI is InChI=1S/C15H23N3O2/c1-10(2)15-16-9-12(17-15)13-5-4-8-18(13)14(20)7-6-11(3)19/h9-10,13H,4-8H2,1-3H3,(H,16,17). The number of imidazole rings is 1. The molecule has 1 aliphatic heterocycles. The maximum atomic E-state index is 12.2. The zero-order chi connectivity index (χ0) is 14.7. The van der Waals surface area contributed by atoms with E-state index < -0.39 is 0 Å². The van der Waals surface area contributed by atoms with Gasteiger partial charge in [0.05, 0.1) is 17.9 Å². The molecule has 1 aliphatic rings. The van der Waals surface area contributed by atoms with Crippen LogP contribution in [0.1, 0.15) is 69.9 Å². The number of H-pyrrole nitrogens is 1. The van der Waals surface area contributed by atoms with Crippen molar-refractivity contribution < 1.29 is 9.59 Å². The number of hydrogen-bond acceptors (Lipinski definition) is 3. The number of nitrogens with one attached hydrogen (secondary N) is 1. The lowest BCUT2D eigenvalue weighted by Crippen LogP contribution is -2.30. The Morgan fingerprint density at radius 2 is 2.20 bits per heavy atom. The first-order chi connectivity index (χ1) is 9.49. The zero-order valence-corrected chi connectivity index (χ0v) is 12.5. The average molecular weight is 277 g/mol. The van der Waals surface area contributed by atoms with Gasteiger partial charge in [0, 0.05) is 25.3 Å². The quantitative estimate of drug-likeness (QED) is 0.899. The molecule has 1 atom stereocenters. The molecule has 0 radical (unpaired) electrons. The summed E-state index contributed by atoms with van der Waals surface area (Å²) >= 11 is 0. The lowest BCUT2D eigenvalue weighted by atomic mass is 10.1. The molecule has 2 heterocycles. The molecular weight excluding hydrogens is 254 g/mol. The van der Waals surface area contributed by atoms with E-state index in [1.165, 1.54) is 6.92 Å². The van der Waals surface area contributed by atoms with E-state index in [2.05, 4.69) is 23.8 Å². The monoisotopic (exact) mass is 277 g/mol. The van der Waals surface area contributed by atoms with Crippen molar-refractivity contribution in [3.8, 4) is 0 Å². The minimum Gasteiger partial charge on any atom is -0.344 e. The smallest absolute Gasteiger partial charge is 0.223 e. The summed E-state index contributed by atoms with van der Waals surface area (Å²) in [5.74, 6) is 1.45. The number of Topliss-reactive ketones (excluding diaryl/α,β-unsaturated/α-hetero) is 1. The van der Waals surface area contributed by atoms with Gasteiger partial charge in [-0.1, -0.05) is 13.8 Å². The molecule has 110 valence electrons. The van der Waals surface area contributed by atoms with E-state index in [4.69, 9.17) is 0 Å². The minimum atomic E-state index is 0.0673. The van der Waals surface area contributed by atoms with Crippen LogP contribution in [-0.4, -0.2) is 33.1 Å². The molecule has 1 unspecified atom stereocenters. The van der Waals surface area contributed by atoms with Crippen LogP contribution in [0, 0.1) is 0 Å². The van der Waals surface area contributed by atoms with Crippen LogP contribution in [0.15, 0.2) is 6.20 Å². The molecule has 0 saturated carbocycles. The number of nitrogens with zero attached hydrogens (tertiary/aromatic N) is 2. The highest BCUT2D eigenvalue weighted by molar-refractivity contribution is 5.83. The number of aromatic amines is 1. The number of carbonyl (C=O) groups is 2. The molecule has 5 nitrogen and oxygen atoms in total. The number of amides is 1. The lowest BCUT2D eigenvalue weighted by molar-refractivity contribution is -0.133. The zero-order valence-electron chi connectivity index (χ0n) is 12.5. The number of hydrogen-bond donors (Lipinski definition) is 1. The van der Waals surface area contributed by atoms with Gasteiger partial charge in [-0.2, -0.15) is 0 Å². The number of rotatable bonds is 5. The van der Waals surface area contributed by atoms with Crippen LogP contribution >= 0.6 is 0 Å². The molecule has 1 aromatic heterocycles. The summed E-state index contributed by atoms with van der Waals surface area (Å²) in [6.07, 6.45) is 4.47. The van der Waals surface area contributed by atoms with Gasteiger partial charge in [0.1, 0.15) is 11.6 Å². The molecule has 2 rings (SSSR count). The van der Waals surface area contributed by atoms with Crippen molar-refractivity contribution in [1.82, 2.24) is 14.9 Å². The second-order valence-electron chi connectivity index (χ2n) is 5.83. The largest absolute Gasteiger partial charge is 0.344 e. The van der Waals surface area contributed by atoms with Crippen LogP contribution in [-0.2, 0) is 9.59 Å². The summed E-state index contributed by atoms with van der Waals surface area (Å²) in [4.78, 5) is 32.8. The van der Waals surface area contributed by atoms with Crippen LogP contribution in [0.2, 0.25) is 0 Å². The van der Waals surface area contributed by atoms with Crippen molar-refractivity contribution in [3.63, 3.8) is 0 Å². The number of ketones is 1. The predicted molar refractivity (Wildman–Crippen MR) is 76.3 cm³/mol. The fraction of sp³-hybridized carbons (Fsp3) is 0.667. The molecule has 1 aromatic rings. The Balaban J connectivity index is 2.06. The maximum absolute atomic E-state index is 12.2. The molecule has 0 spiro atoms. The second-order valence-corrected chi connectivity index (χ2v) is 5.83. The maximum Gasteiger partial charge on any atom is 0.223 e. The first-order valence-electron chi connectivity index (χ1n) is 7.32. The summed E-state index contributed by atoms with van der Waals surface area (Å²) in [5, 5.41) is 0. The van der Waals surface area contributed by atoms with Crippen molar-refractivity contribution in [2.24, 2.45) is 0 Å². The third-order valence-electron chi connectivity index (χ3n) is 3.79. The van der Waals surface area contributed by atoms with Crippen LogP contribution in [0.5, 0.6) is 0 Å². The van der Waals surface area contributed by atoms with Gasteiger partial charge >= 0.3 is 0 Å². The molecule has 20 heavy (non-hydrogen) atoms. The van der Waals surface area contributed by atoms with E-state index in [9.17, 15) is 9.59 Å². The first-order valence-corrected chi connectivity index (χ1v) is 7.32. The average Bonchev–Trinajstić information content (AvgIpc) is 3.03. The number of carbonyl (C=O) groups excluding carboxylic acids is 2. The second kappa shape index (κ2) is 6.20. The highest BCUT2D eigenvalue weighted by Gasteiger charge is 2.31. The Hall–Kier alpha value is -1.65. The van der Waals surface area contributed by atoms with E-state index in [-0.39, 0.29) is 17.7 Å². The number of aromatic nitrogens is 2. The Morgan fingerprint density at radius 1 is 1.45 bits per heavy atom. The van der Waals surface area contributed by atoms with Gasteiger partial charge in [-0.15, -0.1) is 0 Å². The highest BCUT2D eigenvalue weighted by Crippen LogP contribution is 2.32. The third-order valence-corrected chi connectivity index (χ3v) is 3.79. The van der Waals surface area contributed by atoms with Crippen molar-refractivity contribution in [2.45, 2.75) is 58.4 Å². The van der Waals surface area contributed by atoms with Crippen LogP contribution in [0.25, 0.3) is 0 Å². The van der Waals surface area contributed by atoms with Crippen LogP contribution < -0.4 is 0 Å². The van der Waals surface area contributed by atoms with E-state index in [1.807, 2.05) is 11.1 Å². The minimum absolute atomic E-state index is 0.0673. The van der Waals surface area contributed by atoms with E-state index in [0.29, 0.717) is 18.8 Å². The first kappa shape index (κ1) is 14.8.